The Labute approximate surface area is 108 Å². The smallest absolute Gasteiger partial charge is 0.338 e. The lowest BCUT2D eigenvalue weighted by molar-refractivity contribution is -0.131. The van der Waals surface area contributed by atoms with Gasteiger partial charge >= 0.3 is 5.97 Å². The number of amides is 1. The van der Waals surface area contributed by atoms with Crippen LogP contribution in [0.5, 0.6) is 0 Å². The second-order valence-corrected chi connectivity index (χ2v) is 3.82. The summed E-state index contributed by atoms with van der Waals surface area (Å²) < 4.78 is 5.05. The summed E-state index contributed by atoms with van der Waals surface area (Å²) in [5.74, 6) is -0.371. The largest absolute Gasteiger partial charge is 0.462 e. The zero-order chi connectivity index (χ0) is 13.4. The lowest BCUT2D eigenvalue weighted by Gasteiger charge is -2.18. The molecule has 0 radical (unpaired) electrons. The molecular weight excluding hydrogens is 230 g/mol. The second-order valence-electron chi connectivity index (χ2n) is 3.82. The first-order valence-electron chi connectivity index (χ1n) is 6.19. The van der Waals surface area contributed by atoms with Crippen LogP contribution in [0.3, 0.4) is 0 Å². The quantitative estimate of drug-likeness (QED) is 0.725. The van der Waals surface area contributed by atoms with Crippen molar-refractivity contribution in [2.75, 3.05) is 19.7 Å². The van der Waals surface area contributed by atoms with Gasteiger partial charge in [0.25, 0.3) is 0 Å². The lowest BCUT2D eigenvalue weighted by atomic mass is 10.2. The Morgan fingerprint density at radius 2 is 1.72 bits per heavy atom. The molecule has 0 unspecified atom stereocenters. The molecule has 1 amide bonds. The molecule has 0 bridgehead atoms. The van der Waals surface area contributed by atoms with Crippen molar-refractivity contribution in [3.8, 4) is 0 Å². The van der Waals surface area contributed by atoms with E-state index in [2.05, 4.69) is 0 Å². The van der Waals surface area contributed by atoms with Gasteiger partial charge in [-0.25, -0.2) is 4.79 Å². The fourth-order valence-corrected chi connectivity index (χ4v) is 1.62. The van der Waals surface area contributed by atoms with Gasteiger partial charge in [-0.05, 0) is 26.0 Å². The molecule has 0 aromatic heterocycles. The Balaban J connectivity index is 2.34. The summed E-state index contributed by atoms with van der Waals surface area (Å²) in [7, 11) is 0. The number of hydrogen-bond acceptors (Lipinski definition) is 3. The Morgan fingerprint density at radius 1 is 1.11 bits per heavy atom. The number of benzene rings is 1. The molecule has 4 heteroatoms. The molecule has 0 atom stereocenters. The lowest BCUT2D eigenvalue weighted by Crippen LogP contribution is -2.31. The van der Waals surface area contributed by atoms with E-state index in [1.165, 1.54) is 0 Å². The van der Waals surface area contributed by atoms with E-state index in [9.17, 15) is 9.59 Å². The van der Waals surface area contributed by atoms with Gasteiger partial charge in [0, 0.05) is 13.1 Å². The maximum Gasteiger partial charge on any atom is 0.338 e. The van der Waals surface area contributed by atoms with Crippen molar-refractivity contribution >= 4 is 11.9 Å². The SMILES string of the molecule is CCN(CC)C(=O)CCOC(=O)c1ccccc1. The van der Waals surface area contributed by atoms with Gasteiger partial charge in [0.05, 0.1) is 12.0 Å². The van der Waals surface area contributed by atoms with Crippen LogP contribution in [-0.2, 0) is 9.53 Å². The first-order valence-corrected chi connectivity index (χ1v) is 6.19. The molecule has 1 aromatic carbocycles. The first kappa shape index (κ1) is 14.2. The van der Waals surface area contributed by atoms with Gasteiger partial charge < -0.3 is 9.64 Å². The van der Waals surface area contributed by atoms with E-state index < -0.39 is 0 Å². The summed E-state index contributed by atoms with van der Waals surface area (Å²) in [6, 6.07) is 8.76. The summed E-state index contributed by atoms with van der Waals surface area (Å²) in [5.41, 5.74) is 0.507. The molecule has 18 heavy (non-hydrogen) atoms. The van der Waals surface area contributed by atoms with E-state index >= 15 is 0 Å². The third-order valence-corrected chi connectivity index (χ3v) is 2.67. The van der Waals surface area contributed by atoms with E-state index in [1.807, 2.05) is 19.9 Å². The molecule has 98 valence electrons. The highest BCUT2D eigenvalue weighted by atomic mass is 16.5. The highest BCUT2D eigenvalue weighted by molar-refractivity contribution is 5.89. The van der Waals surface area contributed by atoms with Crippen molar-refractivity contribution in [3.63, 3.8) is 0 Å². The van der Waals surface area contributed by atoms with Crippen LogP contribution in [-0.4, -0.2) is 36.5 Å². The topological polar surface area (TPSA) is 46.6 Å². The fourth-order valence-electron chi connectivity index (χ4n) is 1.62. The summed E-state index contributed by atoms with van der Waals surface area (Å²) in [6.07, 6.45) is 0.236. The maximum atomic E-state index is 11.7. The van der Waals surface area contributed by atoms with Gasteiger partial charge in [-0.3, -0.25) is 4.79 Å². The number of esters is 1. The molecule has 4 nitrogen and oxygen atoms in total. The minimum Gasteiger partial charge on any atom is -0.462 e. The highest BCUT2D eigenvalue weighted by Gasteiger charge is 2.11. The van der Waals surface area contributed by atoms with Crippen LogP contribution in [0.1, 0.15) is 30.6 Å². The predicted octanol–water partition coefficient (Wildman–Crippen LogP) is 2.10. The minimum absolute atomic E-state index is 0.0147. The zero-order valence-corrected chi connectivity index (χ0v) is 10.9. The highest BCUT2D eigenvalue weighted by Crippen LogP contribution is 2.02. The predicted molar refractivity (Wildman–Crippen MR) is 69.3 cm³/mol. The number of rotatable bonds is 6. The summed E-state index contributed by atoms with van der Waals surface area (Å²) in [4.78, 5) is 25.0. The third kappa shape index (κ3) is 4.20. The fraction of sp³-hybridized carbons (Fsp3) is 0.429. The molecule has 0 N–H and O–H groups in total. The van der Waals surface area contributed by atoms with Crippen molar-refractivity contribution in [1.29, 1.82) is 0 Å². The number of carbonyl (C=O) groups excluding carboxylic acids is 2. The van der Waals surface area contributed by atoms with Crippen LogP contribution in [0.25, 0.3) is 0 Å². The van der Waals surface area contributed by atoms with E-state index in [4.69, 9.17) is 4.74 Å². The van der Waals surface area contributed by atoms with Gasteiger partial charge in [0.15, 0.2) is 0 Å². The van der Waals surface area contributed by atoms with Gasteiger partial charge in [-0.1, -0.05) is 18.2 Å². The van der Waals surface area contributed by atoms with Crippen LogP contribution in [0, 0.1) is 0 Å². The van der Waals surface area contributed by atoms with Crippen LogP contribution in [0.15, 0.2) is 30.3 Å². The number of nitrogens with zero attached hydrogens (tertiary/aromatic N) is 1. The molecule has 0 aliphatic rings. The molecule has 1 rings (SSSR count). The maximum absolute atomic E-state index is 11.7. The van der Waals surface area contributed by atoms with Gasteiger partial charge in [-0.2, -0.15) is 0 Å². The van der Waals surface area contributed by atoms with Crippen LogP contribution in [0.2, 0.25) is 0 Å². The zero-order valence-electron chi connectivity index (χ0n) is 10.9. The summed E-state index contributed by atoms with van der Waals surface area (Å²) in [6.45, 7) is 5.35. The van der Waals surface area contributed by atoms with Crippen molar-refractivity contribution in [2.24, 2.45) is 0 Å². The molecule has 0 saturated heterocycles. The Bertz CT molecular complexity index is 385. The second kappa shape index (κ2) is 7.48. The standard InChI is InChI=1S/C14H19NO3/c1-3-15(4-2)13(16)10-11-18-14(17)12-8-6-5-7-9-12/h5-9H,3-4,10-11H2,1-2H3. The van der Waals surface area contributed by atoms with Crippen molar-refractivity contribution < 1.29 is 14.3 Å². The van der Waals surface area contributed by atoms with Gasteiger partial charge in [0.2, 0.25) is 5.91 Å². The van der Waals surface area contributed by atoms with Crippen molar-refractivity contribution in [2.45, 2.75) is 20.3 Å². The summed E-state index contributed by atoms with van der Waals surface area (Å²) in [5, 5.41) is 0. The van der Waals surface area contributed by atoms with Crippen molar-refractivity contribution in [1.82, 2.24) is 4.90 Å². The average molecular weight is 249 g/mol. The molecule has 0 aliphatic heterocycles. The van der Waals surface area contributed by atoms with Crippen LogP contribution < -0.4 is 0 Å². The van der Waals surface area contributed by atoms with Gasteiger partial charge in [0.1, 0.15) is 6.61 Å². The molecular formula is C14H19NO3. The molecule has 1 aromatic rings. The Morgan fingerprint density at radius 3 is 2.28 bits per heavy atom. The third-order valence-electron chi connectivity index (χ3n) is 2.67. The Hall–Kier alpha value is -1.84. The average Bonchev–Trinajstić information content (AvgIpc) is 2.41. The Kier molecular flexibility index (Phi) is 5.91. The summed E-state index contributed by atoms with van der Waals surface area (Å²) >= 11 is 0. The van der Waals surface area contributed by atoms with Crippen molar-refractivity contribution in [3.05, 3.63) is 35.9 Å². The van der Waals surface area contributed by atoms with Crippen LogP contribution >= 0.6 is 0 Å². The number of ether oxygens (including phenoxy) is 1. The molecule has 0 saturated carbocycles. The molecule has 0 aliphatic carbocycles. The van der Waals surface area contributed by atoms with Crippen LogP contribution in [0.4, 0.5) is 0 Å². The normalized spacial score (nSPS) is 9.89. The number of carbonyl (C=O) groups is 2. The molecule has 0 fully saturated rings. The molecule has 0 spiro atoms. The monoisotopic (exact) mass is 249 g/mol. The van der Waals surface area contributed by atoms with E-state index in [0.717, 1.165) is 0 Å². The first-order chi connectivity index (χ1) is 8.69. The van der Waals surface area contributed by atoms with E-state index in [-0.39, 0.29) is 24.9 Å². The van der Waals surface area contributed by atoms with E-state index in [1.54, 1.807) is 29.2 Å². The molecule has 0 heterocycles. The van der Waals surface area contributed by atoms with Gasteiger partial charge in [-0.15, -0.1) is 0 Å². The minimum atomic E-state index is -0.386. The van der Waals surface area contributed by atoms with E-state index in [0.29, 0.717) is 18.7 Å². The number of hydrogen-bond donors (Lipinski definition) is 0.